The Morgan fingerprint density at radius 3 is 2.95 bits per heavy atom. The highest BCUT2D eigenvalue weighted by Gasteiger charge is 2.20. The van der Waals surface area contributed by atoms with Crippen molar-refractivity contribution in [2.75, 3.05) is 18.5 Å². The molecular formula is C17H26FNO2. The Hall–Kier alpha value is -1.13. The highest BCUT2D eigenvalue weighted by atomic mass is 19.1. The van der Waals surface area contributed by atoms with E-state index in [4.69, 9.17) is 4.74 Å². The second-order valence-corrected chi connectivity index (χ2v) is 6.22. The number of rotatable bonds is 6. The maximum Gasteiger partial charge on any atom is 0.123 e. The van der Waals surface area contributed by atoms with Crippen LogP contribution in [0.1, 0.15) is 38.2 Å². The van der Waals surface area contributed by atoms with Crippen LogP contribution in [0.5, 0.6) is 0 Å². The number of benzene rings is 1. The molecule has 1 fully saturated rings. The Bertz CT molecular complexity index is 452. The fourth-order valence-electron chi connectivity index (χ4n) is 2.89. The second kappa shape index (κ2) is 7.76. The summed E-state index contributed by atoms with van der Waals surface area (Å²) in [6.07, 6.45) is 4.43. The van der Waals surface area contributed by atoms with Gasteiger partial charge < -0.3 is 15.2 Å². The van der Waals surface area contributed by atoms with Gasteiger partial charge in [-0.05, 0) is 49.4 Å². The highest BCUT2D eigenvalue weighted by molar-refractivity contribution is 5.50. The van der Waals surface area contributed by atoms with E-state index in [1.54, 1.807) is 6.07 Å². The molecule has 0 heterocycles. The van der Waals surface area contributed by atoms with Crippen molar-refractivity contribution in [2.24, 2.45) is 5.92 Å². The largest absolute Gasteiger partial charge is 0.389 e. The van der Waals surface area contributed by atoms with Gasteiger partial charge in [0.15, 0.2) is 0 Å². The van der Waals surface area contributed by atoms with Crippen LogP contribution in [0.25, 0.3) is 0 Å². The zero-order valence-corrected chi connectivity index (χ0v) is 12.9. The van der Waals surface area contributed by atoms with Crippen LogP contribution in [0, 0.1) is 18.7 Å². The fraction of sp³-hybridized carbons (Fsp3) is 0.647. The summed E-state index contributed by atoms with van der Waals surface area (Å²) in [4.78, 5) is 0. The Morgan fingerprint density at radius 2 is 2.24 bits per heavy atom. The second-order valence-electron chi connectivity index (χ2n) is 6.22. The Balaban J connectivity index is 1.70. The molecule has 0 spiro atoms. The van der Waals surface area contributed by atoms with E-state index in [0.717, 1.165) is 30.0 Å². The molecule has 0 radical (unpaired) electrons. The predicted octanol–water partition coefficient (Wildman–Crippen LogP) is 3.50. The van der Waals surface area contributed by atoms with E-state index < -0.39 is 6.10 Å². The number of aliphatic hydroxyl groups is 1. The lowest BCUT2D eigenvalue weighted by molar-refractivity contribution is -0.0274. The van der Waals surface area contributed by atoms with Gasteiger partial charge in [-0.1, -0.05) is 19.8 Å². The normalized spacial score (nSPS) is 23.8. The molecule has 1 aliphatic rings. The van der Waals surface area contributed by atoms with Gasteiger partial charge in [0.2, 0.25) is 0 Å². The van der Waals surface area contributed by atoms with Gasteiger partial charge in [0, 0.05) is 12.2 Å². The lowest BCUT2D eigenvalue weighted by Crippen LogP contribution is -2.30. The lowest BCUT2D eigenvalue weighted by atomic mass is 9.89. The molecule has 0 aromatic heterocycles. The van der Waals surface area contributed by atoms with E-state index in [9.17, 15) is 9.50 Å². The molecule has 1 saturated carbocycles. The van der Waals surface area contributed by atoms with Crippen LogP contribution < -0.4 is 5.32 Å². The molecule has 4 heteroatoms. The van der Waals surface area contributed by atoms with E-state index in [2.05, 4.69) is 12.2 Å². The van der Waals surface area contributed by atoms with Crippen molar-refractivity contribution >= 4 is 5.69 Å². The summed E-state index contributed by atoms with van der Waals surface area (Å²) in [7, 11) is 0. The first-order valence-electron chi connectivity index (χ1n) is 7.84. The third-order valence-electron chi connectivity index (χ3n) is 4.13. The Labute approximate surface area is 126 Å². The lowest BCUT2D eigenvalue weighted by Gasteiger charge is -2.27. The van der Waals surface area contributed by atoms with Gasteiger partial charge in [-0.3, -0.25) is 0 Å². The summed E-state index contributed by atoms with van der Waals surface area (Å²) in [6.45, 7) is 4.86. The molecule has 0 bridgehead atoms. The van der Waals surface area contributed by atoms with Crippen LogP contribution in [0.3, 0.4) is 0 Å². The number of hydrogen-bond donors (Lipinski definition) is 2. The minimum absolute atomic E-state index is 0.242. The predicted molar refractivity (Wildman–Crippen MR) is 83.0 cm³/mol. The van der Waals surface area contributed by atoms with E-state index >= 15 is 0 Å². The molecule has 0 aliphatic heterocycles. The molecular weight excluding hydrogens is 269 g/mol. The van der Waals surface area contributed by atoms with E-state index in [0.29, 0.717) is 13.2 Å². The molecule has 2 rings (SSSR count). The number of aliphatic hydroxyl groups excluding tert-OH is 1. The Kier molecular flexibility index (Phi) is 6.00. The first kappa shape index (κ1) is 16.2. The molecule has 0 amide bonds. The monoisotopic (exact) mass is 295 g/mol. The molecule has 21 heavy (non-hydrogen) atoms. The molecule has 3 atom stereocenters. The number of halogens is 1. The molecule has 0 saturated heterocycles. The fourth-order valence-corrected chi connectivity index (χ4v) is 2.89. The van der Waals surface area contributed by atoms with Crippen molar-refractivity contribution in [3.05, 3.63) is 29.6 Å². The quantitative estimate of drug-likeness (QED) is 0.844. The van der Waals surface area contributed by atoms with Crippen molar-refractivity contribution in [3.8, 4) is 0 Å². The van der Waals surface area contributed by atoms with Gasteiger partial charge in [0.05, 0.1) is 18.8 Å². The van der Waals surface area contributed by atoms with Crippen LogP contribution in [0.15, 0.2) is 18.2 Å². The molecule has 2 N–H and O–H groups in total. The summed E-state index contributed by atoms with van der Waals surface area (Å²) in [5.74, 6) is 0.481. The molecule has 3 unspecified atom stereocenters. The summed E-state index contributed by atoms with van der Waals surface area (Å²) in [6, 6.07) is 4.59. The molecule has 1 aliphatic carbocycles. The van der Waals surface area contributed by atoms with Crippen LogP contribution in [-0.2, 0) is 4.74 Å². The van der Waals surface area contributed by atoms with Crippen LogP contribution in [0.4, 0.5) is 10.1 Å². The van der Waals surface area contributed by atoms with E-state index in [-0.39, 0.29) is 11.9 Å². The zero-order chi connectivity index (χ0) is 15.2. The van der Waals surface area contributed by atoms with Crippen molar-refractivity contribution in [2.45, 2.75) is 51.7 Å². The summed E-state index contributed by atoms with van der Waals surface area (Å²) in [5.41, 5.74) is 1.69. The Morgan fingerprint density at radius 1 is 1.43 bits per heavy atom. The number of ether oxygens (including phenoxy) is 1. The summed E-state index contributed by atoms with van der Waals surface area (Å²) < 4.78 is 18.8. The highest BCUT2D eigenvalue weighted by Crippen LogP contribution is 2.25. The molecule has 1 aromatic carbocycles. The average molecular weight is 295 g/mol. The third kappa shape index (κ3) is 5.29. The van der Waals surface area contributed by atoms with Gasteiger partial charge in [0.25, 0.3) is 0 Å². The van der Waals surface area contributed by atoms with Gasteiger partial charge in [-0.25, -0.2) is 4.39 Å². The van der Waals surface area contributed by atoms with Crippen molar-refractivity contribution in [1.82, 2.24) is 0 Å². The maximum absolute atomic E-state index is 13.0. The van der Waals surface area contributed by atoms with Gasteiger partial charge in [-0.15, -0.1) is 0 Å². The molecule has 118 valence electrons. The minimum Gasteiger partial charge on any atom is -0.389 e. The van der Waals surface area contributed by atoms with Gasteiger partial charge in [0.1, 0.15) is 5.82 Å². The standard InChI is InChI=1S/C17H26FNO2/c1-12-4-3-5-16(8-12)21-11-15(20)10-19-17-7-6-14(18)9-13(17)2/h6-7,9,12,15-16,19-20H,3-5,8,10-11H2,1-2H3. The third-order valence-corrected chi connectivity index (χ3v) is 4.13. The van der Waals surface area contributed by atoms with Crippen LogP contribution in [0.2, 0.25) is 0 Å². The van der Waals surface area contributed by atoms with E-state index in [1.165, 1.54) is 25.0 Å². The molecule has 3 nitrogen and oxygen atoms in total. The zero-order valence-electron chi connectivity index (χ0n) is 12.9. The van der Waals surface area contributed by atoms with Gasteiger partial charge >= 0.3 is 0 Å². The van der Waals surface area contributed by atoms with E-state index in [1.807, 2.05) is 6.92 Å². The summed E-state index contributed by atoms with van der Waals surface area (Å²) >= 11 is 0. The number of anilines is 1. The average Bonchev–Trinajstić information content (AvgIpc) is 2.44. The minimum atomic E-state index is -0.549. The number of hydrogen-bond acceptors (Lipinski definition) is 3. The number of aryl methyl sites for hydroxylation is 1. The first-order valence-corrected chi connectivity index (χ1v) is 7.84. The summed E-state index contributed by atoms with van der Waals surface area (Å²) in [5, 5.41) is 13.1. The van der Waals surface area contributed by atoms with Crippen LogP contribution >= 0.6 is 0 Å². The van der Waals surface area contributed by atoms with Crippen LogP contribution in [-0.4, -0.2) is 30.5 Å². The SMILES string of the molecule is Cc1cc(F)ccc1NCC(O)COC1CCCC(C)C1. The van der Waals surface area contributed by atoms with Crippen molar-refractivity contribution in [1.29, 1.82) is 0 Å². The van der Waals surface area contributed by atoms with Crippen molar-refractivity contribution < 1.29 is 14.2 Å². The molecule has 1 aromatic rings. The maximum atomic E-state index is 13.0. The topological polar surface area (TPSA) is 41.5 Å². The smallest absolute Gasteiger partial charge is 0.123 e. The number of nitrogens with one attached hydrogen (secondary N) is 1. The van der Waals surface area contributed by atoms with Gasteiger partial charge in [-0.2, -0.15) is 0 Å². The first-order chi connectivity index (χ1) is 10.0. The van der Waals surface area contributed by atoms with Crippen molar-refractivity contribution in [3.63, 3.8) is 0 Å².